The number of phosphoric acid groups is 1. The first kappa shape index (κ1) is 54.5. The molecule has 0 rings (SSSR count). The van der Waals surface area contributed by atoms with Gasteiger partial charge in [-0.25, -0.2) is 4.57 Å². The van der Waals surface area contributed by atoms with Crippen LogP contribution in [0.25, 0.3) is 0 Å². The molecule has 1 unspecified atom stereocenters. The Morgan fingerprint density at radius 2 is 0.982 bits per heavy atom. The molecule has 0 fully saturated rings. The Morgan fingerprint density at radius 1 is 0.544 bits per heavy atom. The summed E-state index contributed by atoms with van der Waals surface area (Å²) in [6.45, 7) is 3.54. The number of nitrogens with two attached hydrogens (primary N) is 1. The van der Waals surface area contributed by atoms with Crippen molar-refractivity contribution in [1.82, 2.24) is 0 Å². The molecule has 0 amide bonds. The zero-order valence-corrected chi connectivity index (χ0v) is 36.9. The lowest BCUT2D eigenvalue weighted by Crippen LogP contribution is -2.29. The fraction of sp³-hybridized carbons (Fsp3) is 0.702. The first-order chi connectivity index (χ1) is 27.8. The van der Waals surface area contributed by atoms with E-state index >= 15 is 0 Å². The molecular weight excluding hydrogens is 737 g/mol. The molecule has 2 atom stereocenters. The molecule has 10 heteroatoms. The number of allylic oxidation sites excluding steroid dienone is 12. The molecule has 0 saturated carbocycles. The van der Waals surface area contributed by atoms with Crippen LogP contribution < -0.4 is 5.73 Å². The van der Waals surface area contributed by atoms with Gasteiger partial charge in [-0.3, -0.25) is 18.6 Å². The Balaban J connectivity index is 4.22. The van der Waals surface area contributed by atoms with Gasteiger partial charge in [-0.15, -0.1) is 0 Å². The summed E-state index contributed by atoms with van der Waals surface area (Å²) in [5, 5.41) is 0. The van der Waals surface area contributed by atoms with Crippen molar-refractivity contribution < 1.29 is 37.6 Å². The van der Waals surface area contributed by atoms with Crippen molar-refractivity contribution in [1.29, 1.82) is 0 Å². The molecular formula is C47H82NO8P. The Kier molecular flexibility index (Phi) is 41.1. The van der Waals surface area contributed by atoms with Gasteiger partial charge in [0.15, 0.2) is 6.10 Å². The second-order valence-electron chi connectivity index (χ2n) is 14.5. The largest absolute Gasteiger partial charge is 0.472 e. The standard InChI is InChI=1S/C47H82NO8P/c1-3-5-7-9-11-13-15-17-19-21-22-24-26-28-30-32-34-36-38-40-47(50)56-45(44-55-57(51,52)54-42-41-48)43-53-46(49)39-37-35-33-31-29-27-25-23-20-18-16-14-12-10-8-6-4-2/h6,8,12,14,17-20,25,27,31,33,45H,3-5,7,9-11,13,15-16,21-24,26,28-30,32,34-44,48H2,1-2H3,(H,51,52)/b8-6+,14-12+,19-17+,20-18+,27-25+,33-31+/t45-/m1/s1. The van der Waals surface area contributed by atoms with Gasteiger partial charge in [0.05, 0.1) is 13.2 Å². The van der Waals surface area contributed by atoms with Crippen LogP contribution in [0.2, 0.25) is 0 Å². The number of unbranched alkanes of at least 4 members (excludes halogenated alkanes) is 16. The van der Waals surface area contributed by atoms with E-state index in [0.717, 1.165) is 57.8 Å². The minimum atomic E-state index is -4.39. The summed E-state index contributed by atoms with van der Waals surface area (Å²) in [7, 11) is -4.39. The lowest BCUT2D eigenvalue weighted by atomic mass is 10.1. The number of ether oxygens (including phenoxy) is 2. The first-order valence-electron chi connectivity index (χ1n) is 22.4. The molecule has 9 nitrogen and oxygen atoms in total. The maximum absolute atomic E-state index is 12.6. The number of carbonyl (C=O) groups excluding carboxylic acids is 2. The second-order valence-corrected chi connectivity index (χ2v) is 16.0. The van der Waals surface area contributed by atoms with E-state index in [1.54, 1.807) is 0 Å². The lowest BCUT2D eigenvalue weighted by Gasteiger charge is -2.19. The predicted octanol–water partition coefficient (Wildman–Crippen LogP) is 13.1. The number of phosphoric ester groups is 1. The summed E-state index contributed by atoms with van der Waals surface area (Å²) in [6, 6.07) is 0. The fourth-order valence-electron chi connectivity index (χ4n) is 5.78. The van der Waals surface area contributed by atoms with Crippen molar-refractivity contribution in [2.24, 2.45) is 5.73 Å². The van der Waals surface area contributed by atoms with Crippen molar-refractivity contribution in [3.8, 4) is 0 Å². The summed E-state index contributed by atoms with van der Waals surface area (Å²) in [5.41, 5.74) is 5.35. The van der Waals surface area contributed by atoms with Crippen LogP contribution >= 0.6 is 7.82 Å². The maximum atomic E-state index is 12.6. The SMILES string of the molecule is CC/C=C/C/C=C/C/C=C/C/C=C/C/C=C/CCCC(=O)OC[C@H](COP(=O)(O)OCCN)OC(=O)CCCCCCCCCCC/C=C/CCCCCCCC. The van der Waals surface area contributed by atoms with E-state index in [2.05, 4.69) is 80.7 Å². The molecule has 0 aliphatic carbocycles. The minimum absolute atomic E-state index is 0.0425. The number of rotatable bonds is 41. The van der Waals surface area contributed by atoms with Crippen LogP contribution in [-0.4, -0.2) is 49.3 Å². The molecule has 0 aromatic heterocycles. The summed E-state index contributed by atoms with van der Waals surface area (Å²) in [5.74, 6) is -0.902. The third-order valence-electron chi connectivity index (χ3n) is 9.08. The monoisotopic (exact) mass is 820 g/mol. The highest BCUT2D eigenvalue weighted by atomic mass is 31.2. The van der Waals surface area contributed by atoms with Crippen LogP contribution in [0.4, 0.5) is 0 Å². The molecule has 0 heterocycles. The van der Waals surface area contributed by atoms with Crippen LogP contribution in [0, 0.1) is 0 Å². The van der Waals surface area contributed by atoms with E-state index in [-0.39, 0.29) is 32.6 Å². The molecule has 0 bridgehead atoms. The van der Waals surface area contributed by atoms with Gasteiger partial charge >= 0.3 is 19.8 Å². The van der Waals surface area contributed by atoms with Crippen LogP contribution in [0.3, 0.4) is 0 Å². The summed E-state index contributed by atoms with van der Waals surface area (Å²) < 4.78 is 32.7. The highest BCUT2D eigenvalue weighted by Crippen LogP contribution is 2.43. The maximum Gasteiger partial charge on any atom is 0.472 e. The quantitative estimate of drug-likeness (QED) is 0.0267. The third kappa shape index (κ3) is 42.9. The Morgan fingerprint density at radius 3 is 1.51 bits per heavy atom. The van der Waals surface area contributed by atoms with Crippen molar-refractivity contribution >= 4 is 19.8 Å². The molecule has 0 aromatic rings. The van der Waals surface area contributed by atoms with E-state index < -0.39 is 32.5 Å². The van der Waals surface area contributed by atoms with Gasteiger partial charge in [0.2, 0.25) is 0 Å². The normalized spacial score (nSPS) is 14.0. The molecule has 0 radical (unpaired) electrons. The first-order valence-corrected chi connectivity index (χ1v) is 23.9. The Bertz CT molecular complexity index is 1160. The fourth-order valence-corrected chi connectivity index (χ4v) is 6.55. The number of hydrogen-bond acceptors (Lipinski definition) is 8. The number of hydrogen-bond donors (Lipinski definition) is 2. The second kappa shape index (κ2) is 43.0. The average Bonchev–Trinajstić information content (AvgIpc) is 3.20. The molecule has 3 N–H and O–H groups in total. The van der Waals surface area contributed by atoms with Gasteiger partial charge in [0.25, 0.3) is 0 Å². The van der Waals surface area contributed by atoms with Crippen LogP contribution in [0.1, 0.15) is 181 Å². The van der Waals surface area contributed by atoms with Gasteiger partial charge in [0.1, 0.15) is 6.61 Å². The number of esters is 2. The van der Waals surface area contributed by atoms with Crippen LogP contribution in [0.5, 0.6) is 0 Å². The van der Waals surface area contributed by atoms with Gasteiger partial charge < -0.3 is 20.1 Å². The average molecular weight is 820 g/mol. The smallest absolute Gasteiger partial charge is 0.462 e. The molecule has 328 valence electrons. The summed E-state index contributed by atoms with van der Waals surface area (Å²) in [4.78, 5) is 34.9. The summed E-state index contributed by atoms with van der Waals surface area (Å²) in [6.07, 6.45) is 52.2. The van der Waals surface area contributed by atoms with Crippen LogP contribution in [0.15, 0.2) is 72.9 Å². The minimum Gasteiger partial charge on any atom is -0.462 e. The van der Waals surface area contributed by atoms with Gasteiger partial charge in [-0.05, 0) is 77.0 Å². The lowest BCUT2D eigenvalue weighted by molar-refractivity contribution is -0.161. The van der Waals surface area contributed by atoms with E-state index in [1.165, 1.54) is 83.5 Å². The van der Waals surface area contributed by atoms with Gasteiger partial charge in [0, 0.05) is 19.4 Å². The topological polar surface area (TPSA) is 134 Å². The zero-order valence-electron chi connectivity index (χ0n) is 36.0. The zero-order chi connectivity index (χ0) is 41.8. The van der Waals surface area contributed by atoms with E-state index in [1.807, 2.05) is 6.08 Å². The highest BCUT2D eigenvalue weighted by molar-refractivity contribution is 7.47. The van der Waals surface area contributed by atoms with Gasteiger partial charge in [-0.2, -0.15) is 0 Å². The molecule has 0 spiro atoms. The van der Waals surface area contributed by atoms with Crippen molar-refractivity contribution in [3.05, 3.63) is 72.9 Å². The van der Waals surface area contributed by atoms with Crippen molar-refractivity contribution in [3.63, 3.8) is 0 Å². The van der Waals surface area contributed by atoms with Gasteiger partial charge in [-0.1, -0.05) is 164 Å². The predicted molar refractivity (Wildman–Crippen MR) is 238 cm³/mol. The Hall–Kier alpha value is -2.55. The Labute approximate surface area is 348 Å². The summed E-state index contributed by atoms with van der Waals surface area (Å²) >= 11 is 0. The number of carbonyl (C=O) groups is 2. The van der Waals surface area contributed by atoms with Crippen molar-refractivity contribution in [2.45, 2.75) is 187 Å². The molecule has 0 aliphatic heterocycles. The third-order valence-corrected chi connectivity index (χ3v) is 10.1. The van der Waals surface area contributed by atoms with E-state index in [0.29, 0.717) is 12.8 Å². The molecule has 0 saturated heterocycles. The molecule has 0 aliphatic rings. The van der Waals surface area contributed by atoms with E-state index in [9.17, 15) is 19.0 Å². The molecule has 0 aromatic carbocycles. The van der Waals surface area contributed by atoms with Crippen molar-refractivity contribution in [2.75, 3.05) is 26.4 Å². The molecule has 57 heavy (non-hydrogen) atoms. The highest BCUT2D eigenvalue weighted by Gasteiger charge is 2.26. The van der Waals surface area contributed by atoms with Crippen LogP contribution in [-0.2, 0) is 32.7 Å². The van der Waals surface area contributed by atoms with E-state index in [4.69, 9.17) is 24.3 Å².